The Morgan fingerprint density at radius 1 is 0.115 bits per heavy atom. The molecule has 0 aliphatic carbocycles. The van der Waals surface area contributed by atoms with Crippen LogP contribution in [0.1, 0.15) is 0 Å². The van der Waals surface area contributed by atoms with Crippen molar-refractivity contribution in [2.75, 3.05) is 47.8 Å². The first-order valence-electron chi connectivity index (χ1n) is 35.4. The van der Waals surface area contributed by atoms with Crippen LogP contribution < -0.4 is 19.6 Å². The molecule has 0 fully saturated rings. The maximum Gasteiger partial charge on any atom is 0.0414 e. The average Bonchev–Trinajstić information content (AvgIpc) is 0.821. The maximum atomic E-state index is 2.26. The predicted molar refractivity (Wildman–Crippen MR) is 447 cm³/mol. The molecule has 0 aromatic heterocycles. The third kappa shape index (κ3) is 17.8. The molecule has 0 heterocycles. The molecule has 0 radical (unpaired) electrons. The minimum Gasteiger partial charge on any atom is -0.345 e. The monoisotopic (exact) mass is 1340 g/mol. The van der Waals surface area contributed by atoms with E-state index in [9.17, 15) is 0 Å². The summed E-state index contributed by atoms with van der Waals surface area (Å²) in [5.74, 6) is 0. The van der Waals surface area contributed by atoms with Crippen molar-refractivity contribution in [2.24, 2.45) is 0 Å². The van der Waals surface area contributed by atoms with E-state index in [4.69, 9.17) is 0 Å². The number of benzene rings is 16. The third-order valence-corrected chi connectivity index (χ3v) is 18.8. The molecule has 16 rings (SSSR count). The summed E-state index contributed by atoms with van der Waals surface area (Å²) >= 11 is 0. The number of para-hydroxylation sites is 4. The highest BCUT2D eigenvalue weighted by Gasteiger charge is 2.13. The number of hydrogen-bond acceptors (Lipinski definition) is 4. The molecule has 104 heavy (non-hydrogen) atoms. The fourth-order valence-electron chi connectivity index (χ4n) is 12.8. The highest BCUT2D eigenvalue weighted by Crippen LogP contribution is 2.37. The van der Waals surface area contributed by atoms with Gasteiger partial charge in [0, 0.05) is 73.7 Å². The fraction of sp³-hybridized carbons (Fsp3) is 0.0400. The van der Waals surface area contributed by atoms with E-state index in [0.717, 1.165) is 0 Å². The molecule has 0 saturated carbocycles. The summed E-state index contributed by atoms with van der Waals surface area (Å²) in [6, 6.07) is 153. The largest absolute Gasteiger partial charge is 0.345 e. The quantitative estimate of drug-likeness (QED) is 0.0956. The van der Waals surface area contributed by atoms with Gasteiger partial charge >= 0.3 is 0 Å². The van der Waals surface area contributed by atoms with Crippen LogP contribution >= 0.6 is 0 Å². The van der Waals surface area contributed by atoms with Gasteiger partial charge in [0.05, 0.1) is 0 Å². The highest BCUT2D eigenvalue weighted by molar-refractivity contribution is 5.85. The zero-order chi connectivity index (χ0) is 71.1. The first-order valence-corrected chi connectivity index (χ1v) is 35.4. The average molecular weight is 1340 g/mol. The lowest BCUT2D eigenvalue weighted by Gasteiger charge is -2.20. The van der Waals surface area contributed by atoms with E-state index in [0.29, 0.717) is 0 Å². The van der Waals surface area contributed by atoms with Gasteiger partial charge in [0.25, 0.3) is 0 Å². The van der Waals surface area contributed by atoms with E-state index in [1.165, 1.54) is 135 Å². The summed E-state index contributed by atoms with van der Waals surface area (Å²) in [4.78, 5) is 8.82. The molecule has 504 valence electrons. The fourth-order valence-corrected chi connectivity index (χ4v) is 12.8. The van der Waals surface area contributed by atoms with Crippen molar-refractivity contribution in [1.29, 1.82) is 0 Å². The predicted octanol–water partition coefficient (Wildman–Crippen LogP) is 27.2. The molecule has 16 aromatic carbocycles. The summed E-state index contributed by atoms with van der Waals surface area (Å²) in [5, 5.41) is 0. The van der Waals surface area contributed by atoms with Gasteiger partial charge in [-0.2, -0.15) is 0 Å². The van der Waals surface area contributed by atoms with E-state index in [1.807, 2.05) is 30.3 Å². The Morgan fingerprint density at radius 3 is 0.606 bits per heavy atom. The molecule has 0 bridgehead atoms. The highest BCUT2D eigenvalue weighted by atomic mass is 15.1. The summed E-state index contributed by atoms with van der Waals surface area (Å²) < 4.78 is 0. The van der Waals surface area contributed by atoms with Crippen LogP contribution in [0.3, 0.4) is 0 Å². The Balaban J connectivity index is 0.000000123. The summed E-state index contributed by atoms with van der Waals surface area (Å²) in [5.41, 5.74) is 29.3. The Morgan fingerprint density at radius 2 is 0.279 bits per heavy atom. The van der Waals surface area contributed by atoms with E-state index in [1.54, 1.807) is 0 Å². The van der Waals surface area contributed by atoms with Crippen LogP contribution in [0.15, 0.2) is 437 Å². The minimum atomic E-state index is 1.18. The topological polar surface area (TPSA) is 13.0 Å². The zero-order valence-electron chi connectivity index (χ0n) is 59.4. The number of hydrogen-bond donors (Lipinski definition) is 0. The minimum absolute atomic E-state index is 1.18. The molecule has 4 heteroatoms. The number of rotatable bonds is 16. The molecule has 4 nitrogen and oxygen atoms in total. The normalized spacial score (nSPS) is 10.5. The molecule has 0 unspecified atom stereocenters. The van der Waals surface area contributed by atoms with E-state index < -0.39 is 0 Å². The van der Waals surface area contributed by atoms with Gasteiger partial charge in [-0.05, 0) is 198 Å². The van der Waals surface area contributed by atoms with E-state index >= 15 is 0 Å². The van der Waals surface area contributed by atoms with Crippen LogP contribution in [0.2, 0.25) is 0 Å². The van der Waals surface area contributed by atoms with Gasteiger partial charge in [-0.3, -0.25) is 0 Å². The van der Waals surface area contributed by atoms with Gasteiger partial charge in [-0.25, -0.2) is 0 Å². The Labute approximate surface area is 615 Å². The van der Waals surface area contributed by atoms with E-state index in [2.05, 4.69) is 454 Å². The molecular formula is C100H84N4. The molecule has 0 spiro atoms. The second kappa shape index (κ2) is 34.7. The Bertz CT molecular complexity index is 5250. The number of nitrogens with zero attached hydrogens (tertiary/aromatic N) is 4. The number of anilines is 8. The summed E-state index contributed by atoms with van der Waals surface area (Å²) in [7, 11) is 8.41. The van der Waals surface area contributed by atoms with Crippen molar-refractivity contribution >= 4 is 45.5 Å². The lowest BCUT2D eigenvalue weighted by molar-refractivity contribution is 1.21. The molecule has 0 aliphatic rings. The first kappa shape index (κ1) is 69.2. The van der Waals surface area contributed by atoms with E-state index in [-0.39, 0.29) is 0 Å². The molecule has 0 saturated heterocycles. The standard InChI is InChI=1S/4C25H21N/c1-26(24-15-6-3-7-16-24)25-17-9-14-23(19-25)22-13-8-12-21(18-22)20-10-4-2-5-11-20;1-26(22-12-6-3-7-13-22)23-18-16-21(17-19-23)25-15-9-8-14-24(25)20-10-4-2-5-11-20;1-26(24-13-6-3-7-14-24)25-17-15-21(16-18-25)23-12-8-11-22(19-23)20-9-4-2-5-10-20;1-26(24-12-6-3-7-13-24)25-14-8-11-23(19-25)22-17-15-21(16-18-22)20-9-4-2-5-10-20/h4*2-19H,1H3. The van der Waals surface area contributed by atoms with Crippen LogP contribution in [0.25, 0.3) is 89.0 Å². The van der Waals surface area contributed by atoms with Crippen molar-refractivity contribution < 1.29 is 0 Å². The van der Waals surface area contributed by atoms with Gasteiger partial charge in [0.1, 0.15) is 0 Å². The SMILES string of the molecule is CN(c1ccccc1)c1ccc(-c2cccc(-c3ccccc3)c2)cc1.CN(c1ccccc1)c1ccc(-c2ccccc2-c2ccccc2)cc1.CN(c1ccccc1)c1cccc(-c2ccc(-c3ccccc3)cc2)c1.CN(c1ccccc1)c1cccc(-c2cccc(-c3ccccc3)c2)c1. The molecule has 0 atom stereocenters. The zero-order valence-corrected chi connectivity index (χ0v) is 59.4. The lowest BCUT2D eigenvalue weighted by atomic mass is 9.94. The van der Waals surface area contributed by atoms with Crippen molar-refractivity contribution in [3.05, 3.63) is 437 Å². The van der Waals surface area contributed by atoms with Crippen molar-refractivity contribution in [3.63, 3.8) is 0 Å². The van der Waals surface area contributed by atoms with Crippen LogP contribution in [0.5, 0.6) is 0 Å². The van der Waals surface area contributed by atoms with Gasteiger partial charge in [0.2, 0.25) is 0 Å². The first-order chi connectivity index (χ1) is 51.3. The second-order valence-corrected chi connectivity index (χ2v) is 25.5. The molecular weight excluding hydrogens is 1260 g/mol. The molecule has 0 N–H and O–H groups in total. The summed E-state index contributed by atoms with van der Waals surface area (Å²) in [6.45, 7) is 0. The van der Waals surface area contributed by atoms with Gasteiger partial charge in [0.15, 0.2) is 0 Å². The van der Waals surface area contributed by atoms with Crippen LogP contribution in [-0.2, 0) is 0 Å². The van der Waals surface area contributed by atoms with Crippen LogP contribution in [0, 0.1) is 0 Å². The second-order valence-electron chi connectivity index (χ2n) is 25.5. The Hall–Kier alpha value is -13.3. The van der Waals surface area contributed by atoms with Crippen LogP contribution in [0.4, 0.5) is 45.5 Å². The molecule has 16 aromatic rings. The van der Waals surface area contributed by atoms with Crippen molar-refractivity contribution in [2.45, 2.75) is 0 Å². The smallest absolute Gasteiger partial charge is 0.0414 e. The summed E-state index contributed by atoms with van der Waals surface area (Å²) in [6.07, 6.45) is 0. The van der Waals surface area contributed by atoms with Crippen LogP contribution in [-0.4, -0.2) is 28.2 Å². The van der Waals surface area contributed by atoms with Gasteiger partial charge in [-0.15, -0.1) is 0 Å². The maximum absolute atomic E-state index is 2.26. The molecule has 0 amide bonds. The lowest BCUT2D eigenvalue weighted by Crippen LogP contribution is -2.08. The van der Waals surface area contributed by atoms with Gasteiger partial charge in [-0.1, -0.05) is 328 Å². The molecule has 0 aliphatic heterocycles. The Kier molecular flexibility index (Phi) is 23.1. The third-order valence-electron chi connectivity index (χ3n) is 18.8. The van der Waals surface area contributed by atoms with Gasteiger partial charge < -0.3 is 19.6 Å². The van der Waals surface area contributed by atoms with Crippen molar-refractivity contribution in [3.8, 4) is 89.0 Å². The van der Waals surface area contributed by atoms with Crippen molar-refractivity contribution in [1.82, 2.24) is 0 Å².